The molecule has 2 aromatic rings. The van der Waals surface area contributed by atoms with E-state index < -0.39 is 10.0 Å². The van der Waals surface area contributed by atoms with Gasteiger partial charge in [0.25, 0.3) is 0 Å². The fraction of sp³-hybridized carbons (Fsp3) is 0.389. The summed E-state index contributed by atoms with van der Waals surface area (Å²) in [5, 5.41) is 3.30. The molecule has 1 aromatic carbocycles. The maximum Gasteiger partial charge on any atom is 0.240 e. The lowest BCUT2D eigenvalue weighted by Gasteiger charge is -2.17. The molecule has 0 aliphatic carbocycles. The minimum absolute atomic E-state index is 0.305. The number of sulfonamides is 1. The van der Waals surface area contributed by atoms with E-state index in [1.54, 1.807) is 12.1 Å². The number of nitrogens with one attached hydrogen (secondary N) is 2. The first-order valence-electron chi connectivity index (χ1n) is 8.40. The van der Waals surface area contributed by atoms with Crippen LogP contribution in [0.3, 0.4) is 0 Å². The molecule has 1 aromatic heterocycles. The average molecular weight is 345 g/mol. The van der Waals surface area contributed by atoms with Crippen molar-refractivity contribution < 1.29 is 8.42 Å². The number of nitrogens with zero attached hydrogens (tertiary/aromatic N) is 1. The smallest absolute Gasteiger partial charge is 0.240 e. The van der Waals surface area contributed by atoms with Gasteiger partial charge in [-0.3, -0.25) is 0 Å². The van der Waals surface area contributed by atoms with Gasteiger partial charge in [0.1, 0.15) is 5.82 Å². The quantitative estimate of drug-likeness (QED) is 0.844. The Bertz CT molecular complexity index is 802. The van der Waals surface area contributed by atoms with Gasteiger partial charge < -0.3 is 5.32 Å². The maximum absolute atomic E-state index is 12.3. The second-order valence-electron chi connectivity index (χ2n) is 5.99. The van der Waals surface area contributed by atoms with Crippen LogP contribution in [0, 0.1) is 0 Å². The Labute approximate surface area is 143 Å². The van der Waals surface area contributed by atoms with Crippen molar-refractivity contribution in [3.05, 3.63) is 53.2 Å². The van der Waals surface area contributed by atoms with Crippen LogP contribution >= 0.6 is 0 Å². The van der Waals surface area contributed by atoms with Crippen LogP contribution in [-0.2, 0) is 29.3 Å². The minimum Gasteiger partial charge on any atom is -0.370 e. The SMILES string of the molecule is CCc1ccc(S(=O)(=O)NCCc2ccc3c(n2)NCCC3)cc1. The number of fused-ring (bicyclic) bond motifs is 1. The molecule has 0 atom stereocenters. The van der Waals surface area contributed by atoms with Crippen LogP contribution in [-0.4, -0.2) is 26.5 Å². The van der Waals surface area contributed by atoms with Crippen molar-refractivity contribution in [1.82, 2.24) is 9.71 Å². The van der Waals surface area contributed by atoms with Crippen molar-refractivity contribution >= 4 is 15.8 Å². The lowest BCUT2D eigenvalue weighted by Crippen LogP contribution is -2.26. The third kappa shape index (κ3) is 3.94. The summed E-state index contributed by atoms with van der Waals surface area (Å²) < 4.78 is 27.3. The van der Waals surface area contributed by atoms with Crippen LogP contribution in [0.4, 0.5) is 5.82 Å². The molecule has 2 N–H and O–H groups in total. The van der Waals surface area contributed by atoms with E-state index in [1.165, 1.54) is 5.56 Å². The van der Waals surface area contributed by atoms with Crippen molar-refractivity contribution in [3.63, 3.8) is 0 Å². The average Bonchev–Trinajstić information content (AvgIpc) is 2.61. The van der Waals surface area contributed by atoms with Gasteiger partial charge in [0, 0.05) is 25.2 Å². The zero-order valence-corrected chi connectivity index (χ0v) is 14.7. The van der Waals surface area contributed by atoms with Crippen molar-refractivity contribution in [2.75, 3.05) is 18.4 Å². The number of hydrogen-bond acceptors (Lipinski definition) is 4. The Balaban J connectivity index is 1.60. The zero-order chi connectivity index (χ0) is 17.0. The predicted octanol–water partition coefficient (Wildman–Crippen LogP) is 2.52. The molecule has 0 spiro atoms. The van der Waals surface area contributed by atoms with E-state index in [9.17, 15) is 8.42 Å². The number of hydrogen-bond donors (Lipinski definition) is 2. The van der Waals surface area contributed by atoms with Crippen LogP contribution in [0.15, 0.2) is 41.3 Å². The topological polar surface area (TPSA) is 71.1 Å². The lowest BCUT2D eigenvalue weighted by molar-refractivity contribution is 0.581. The highest BCUT2D eigenvalue weighted by atomic mass is 32.2. The standard InChI is InChI=1S/C18H23N3O2S/c1-2-14-5-9-17(10-6-14)24(22,23)20-13-11-16-8-7-15-4-3-12-19-18(15)21-16/h5-10,20H,2-4,11-13H2,1H3,(H,19,21). The molecule has 0 radical (unpaired) electrons. The Morgan fingerprint density at radius 3 is 2.71 bits per heavy atom. The first kappa shape index (κ1) is 16.9. The Morgan fingerprint density at radius 1 is 1.17 bits per heavy atom. The van der Waals surface area contributed by atoms with E-state index >= 15 is 0 Å². The number of pyridine rings is 1. The number of benzene rings is 1. The number of aryl methyl sites for hydroxylation is 2. The predicted molar refractivity (Wildman–Crippen MR) is 95.8 cm³/mol. The first-order valence-corrected chi connectivity index (χ1v) is 9.88. The molecule has 0 fully saturated rings. The van der Waals surface area contributed by atoms with E-state index in [1.807, 2.05) is 25.1 Å². The molecule has 1 aliphatic rings. The molecule has 2 heterocycles. The third-order valence-corrected chi connectivity index (χ3v) is 5.74. The molecule has 1 aliphatic heterocycles. The van der Waals surface area contributed by atoms with Crippen molar-refractivity contribution in [2.24, 2.45) is 0 Å². The van der Waals surface area contributed by atoms with Gasteiger partial charge in [-0.1, -0.05) is 25.1 Å². The molecule has 0 bridgehead atoms. The minimum atomic E-state index is -3.47. The van der Waals surface area contributed by atoms with Gasteiger partial charge in [0.05, 0.1) is 4.90 Å². The van der Waals surface area contributed by atoms with Gasteiger partial charge in [-0.2, -0.15) is 0 Å². The summed E-state index contributed by atoms with van der Waals surface area (Å²) in [4.78, 5) is 4.89. The van der Waals surface area contributed by atoms with Crippen molar-refractivity contribution in [3.8, 4) is 0 Å². The first-order chi connectivity index (χ1) is 11.6. The summed E-state index contributed by atoms with van der Waals surface area (Å²) in [6.45, 7) is 3.33. The Kier molecular flexibility index (Phi) is 5.16. The van der Waals surface area contributed by atoms with Crippen LogP contribution in [0.5, 0.6) is 0 Å². The van der Waals surface area contributed by atoms with E-state index in [4.69, 9.17) is 0 Å². The molecule has 128 valence electrons. The number of rotatable bonds is 6. The molecule has 3 rings (SSSR count). The molecule has 0 amide bonds. The Hall–Kier alpha value is -1.92. The van der Waals surface area contributed by atoms with E-state index in [2.05, 4.69) is 21.1 Å². The summed E-state index contributed by atoms with van der Waals surface area (Å²) in [7, 11) is -3.47. The van der Waals surface area contributed by atoms with Crippen LogP contribution in [0.2, 0.25) is 0 Å². The third-order valence-electron chi connectivity index (χ3n) is 4.27. The molecular formula is C18H23N3O2S. The van der Waals surface area contributed by atoms with Gasteiger partial charge in [-0.25, -0.2) is 18.1 Å². The summed E-state index contributed by atoms with van der Waals surface area (Å²) in [6.07, 6.45) is 3.65. The van der Waals surface area contributed by atoms with Crippen LogP contribution < -0.4 is 10.0 Å². The summed E-state index contributed by atoms with van der Waals surface area (Å²) in [5.74, 6) is 0.941. The summed E-state index contributed by atoms with van der Waals surface area (Å²) in [6, 6.07) is 11.1. The van der Waals surface area contributed by atoms with Crippen molar-refractivity contribution in [2.45, 2.75) is 37.5 Å². The van der Waals surface area contributed by atoms with Crippen LogP contribution in [0.25, 0.3) is 0 Å². The molecule has 0 unspecified atom stereocenters. The largest absolute Gasteiger partial charge is 0.370 e. The zero-order valence-electron chi connectivity index (χ0n) is 13.9. The molecule has 24 heavy (non-hydrogen) atoms. The molecular weight excluding hydrogens is 322 g/mol. The second-order valence-corrected chi connectivity index (χ2v) is 7.75. The lowest BCUT2D eigenvalue weighted by atomic mass is 10.1. The summed E-state index contributed by atoms with van der Waals surface area (Å²) >= 11 is 0. The van der Waals surface area contributed by atoms with Crippen molar-refractivity contribution in [1.29, 1.82) is 0 Å². The molecule has 0 saturated carbocycles. The molecule has 0 saturated heterocycles. The fourth-order valence-corrected chi connectivity index (χ4v) is 3.84. The highest BCUT2D eigenvalue weighted by molar-refractivity contribution is 7.89. The summed E-state index contributed by atoms with van der Waals surface area (Å²) in [5.41, 5.74) is 3.26. The fourth-order valence-electron chi connectivity index (χ4n) is 2.81. The molecule has 5 nitrogen and oxygen atoms in total. The monoisotopic (exact) mass is 345 g/mol. The van der Waals surface area contributed by atoms with E-state index in [-0.39, 0.29) is 0 Å². The normalized spacial score (nSPS) is 14.0. The van der Waals surface area contributed by atoms with Crippen LogP contribution in [0.1, 0.15) is 30.2 Å². The second kappa shape index (κ2) is 7.32. The van der Waals surface area contributed by atoms with E-state index in [0.717, 1.165) is 42.9 Å². The number of aromatic nitrogens is 1. The van der Waals surface area contributed by atoms with Gasteiger partial charge in [0.15, 0.2) is 0 Å². The number of anilines is 1. The maximum atomic E-state index is 12.3. The Morgan fingerprint density at radius 2 is 1.96 bits per heavy atom. The van der Waals surface area contributed by atoms with Gasteiger partial charge in [0.2, 0.25) is 10.0 Å². The van der Waals surface area contributed by atoms with Gasteiger partial charge in [-0.05, 0) is 48.6 Å². The van der Waals surface area contributed by atoms with Gasteiger partial charge >= 0.3 is 0 Å². The molecule has 6 heteroatoms. The van der Waals surface area contributed by atoms with E-state index in [0.29, 0.717) is 17.9 Å². The highest BCUT2D eigenvalue weighted by Gasteiger charge is 2.14. The highest BCUT2D eigenvalue weighted by Crippen LogP contribution is 2.19. The van der Waals surface area contributed by atoms with Gasteiger partial charge in [-0.15, -0.1) is 0 Å².